The van der Waals surface area contributed by atoms with Gasteiger partial charge >= 0.3 is 0 Å². The van der Waals surface area contributed by atoms with Gasteiger partial charge < -0.3 is 10.2 Å². The minimum Gasteiger partial charge on any atom is -0.385 e. The van der Waals surface area contributed by atoms with Crippen molar-refractivity contribution in [2.24, 2.45) is 0 Å². The van der Waals surface area contributed by atoms with E-state index in [0.29, 0.717) is 5.02 Å². The Balaban J connectivity index is 1.99. The fraction of sp³-hybridized carbons (Fsp3) is 0.478. The van der Waals surface area contributed by atoms with Crippen molar-refractivity contribution in [3.05, 3.63) is 59.1 Å². The van der Waals surface area contributed by atoms with Crippen LogP contribution < -0.4 is 0 Å². The van der Waals surface area contributed by atoms with E-state index >= 15 is 0 Å². The van der Waals surface area contributed by atoms with Gasteiger partial charge in [0.15, 0.2) is 0 Å². The number of halogens is 1. The third kappa shape index (κ3) is 3.93. The predicted molar refractivity (Wildman–Crippen MR) is 112 cm³/mol. The van der Waals surface area contributed by atoms with E-state index in [9.17, 15) is 10.2 Å². The molecule has 4 heteroatoms. The van der Waals surface area contributed by atoms with Crippen molar-refractivity contribution in [2.45, 2.75) is 57.3 Å². The summed E-state index contributed by atoms with van der Waals surface area (Å²) >= 11 is 6.05. The molecule has 0 radical (unpaired) electrons. The zero-order valence-corrected chi connectivity index (χ0v) is 17.2. The quantitative estimate of drug-likeness (QED) is 0.771. The second-order valence-electron chi connectivity index (χ2n) is 8.30. The molecule has 0 aromatic heterocycles. The lowest BCUT2D eigenvalue weighted by Gasteiger charge is -2.48. The highest BCUT2D eigenvalue weighted by molar-refractivity contribution is 6.30. The molecule has 0 bridgehead atoms. The third-order valence-corrected chi connectivity index (χ3v) is 6.51. The van der Waals surface area contributed by atoms with Gasteiger partial charge in [0.05, 0.1) is 0 Å². The van der Waals surface area contributed by atoms with Crippen molar-refractivity contribution in [3.63, 3.8) is 0 Å². The first-order valence-electron chi connectivity index (χ1n) is 9.75. The molecular formula is C23H30ClNO2. The topological polar surface area (TPSA) is 43.7 Å². The summed E-state index contributed by atoms with van der Waals surface area (Å²) in [4.78, 5) is 2.01. The second kappa shape index (κ2) is 7.92. The van der Waals surface area contributed by atoms with Crippen LogP contribution in [0.5, 0.6) is 0 Å². The number of aliphatic hydroxyl groups excluding tert-OH is 1. The molecule has 146 valence electrons. The van der Waals surface area contributed by atoms with Gasteiger partial charge in [-0.05, 0) is 48.6 Å². The highest BCUT2D eigenvalue weighted by Gasteiger charge is 2.49. The summed E-state index contributed by atoms with van der Waals surface area (Å²) in [6.07, 6.45) is 2.41. The smallest absolute Gasteiger partial charge is 0.137 e. The van der Waals surface area contributed by atoms with E-state index in [-0.39, 0.29) is 0 Å². The summed E-state index contributed by atoms with van der Waals surface area (Å²) in [5.41, 5.74) is 1.12. The molecule has 0 aliphatic carbocycles. The van der Waals surface area contributed by atoms with Gasteiger partial charge in [-0.2, -0.15) is 0 Å². The van der Waals surface area contributed by atoms with E-state index in [4.69, 9.17) is 11.6 Å². The Labute approximate surface area is 167 Å². The monoisotopic (exact) mass is 387 g/mol. The van der Waals surface area contributed by atoms with Gasteiger partial charge in [0.25, 0.3) is 0 Å². The number of hydrogen-bond acceptors (Lipinski definition) is 3. The Bertz CT molecular complexity index is 764. The van der Waals surface area contributed by atoms with E-state index in [0.717, 1.165) is 42.6 Å². The van der Waals surface area contributed by atoms with Gasteiger partial charge in [-0.25, -0.2) is 0 Å². The summed E-state index contributed by atoms with van der Waals surface area (Å²) < 4.78 is 0. The number of aliphatic hydroxyl groups is 2. The molecule has 1 aliphatic heterocycles. The average Bonchev–Trinajstić information content (AvgIpc) is 2.68. The Morgan fingerprint density at radius 1 is 0.926 bits per heavy atom. The number of rotatable bonds is 5. The molecule has 3 rings (SSSR count). The lowest BCUT2D eigenvalue weighted by Crippen LogP contribution is -2.61. The maximum atomic E-state index is 11.5. The van der Waals surface area contributed by atoms with Crippen LogP contribution in [0.4, 0.5) is 0 Å². The summed E-state index contributed by atoms with van der Waals surface area (Å²) in [6.45, 7) is 7.42. The van der Waals surface area contributed by atoms with Crippen molar-refractivity contribution >= 4 is 11.6 Å². The molecule has 1 heterocycles. The fourth-order valence-electron chi connectivity index (χ4n) is 4.02. The SMILES string of the molecule is CC(C)(c1ccccc1-c1ccc(Cl)cc1)C(C)(O)C(O)N1CCCCC1. The Morgan fingerprint density at radius 2 is 1.52 bits per heavy atom. The lowest BCUT2D eigenvalue weighted by atomic mass is 9.67. The van der Waals surface area contributed by atoms with Crippen molar-refractivity contribution in [1.29, 1.82) is 0 Å². The molecule has 0 saturated carbocycles. The van der Waals surface area contributed by atoms with Crippen molar-refractivity contribution in [2.75, 3.05) is 13.1 Å². The summed E-state index contributed by atoms with van der Waals surface area (Å²) in [7, 11) is 0. The van der Waals surface area contributed by atoms with Gasteiger partial charge in [0, 0.05) is 23.5 Å². The normalized spacial score (nSPS) is 19.5. The highest BCUT2D eigenvalue weighted by atomic mass is 35.5. The van der Waals surface area contributed by atoms with Crippen LogP contribution in [0.25, 0.3) is 11.1 Å². The van der Waals surface area contributed by atoms with Gasteiger partial charge in [-0.15, -0.1) is 0 Å². The predicted octanol–water partition coefficient (Wildman–Crippen LogP) is 4.84. The maximum absolute atomic E-state index is 11.5. The molecule has 27 heavy (non-hydrogen) atoms. The summed E-state index contributed by atoms with van der Waals surface area (Å²) in [5.74, 6) is 0. The minimum atomic E-state index is -1.31. The Morgan fingerprint density at radius 3 is 2.15 bits per heavy atom. The van der Waals surface area contributed by atoms with E-state index in [1.54, 1.807) is 6.92 Å². The largest absolute Gasteiger partial charge is 0.385 e. The van der Waals surface area contributed by atoms with Gasteiger partial charge in [0.2, 0.25) is 0 Å². The van der Waals surface area contributed by atoms with Crippen molar-refractivity contribution < 1.29 is 10.2 Å². The lowest BCUT2D eigenvalue weighted by molar-refractivity contribution is -0.174. The van der Waals surface area contributed by atoms with Gasteiger partial charge in [-0.1, -0.05) is 68.3 Å². The molecule has 2 aromatic rings. The third-order valence-electron chi connectivity index (χ3n) is 6.26. The first kappa shape index (κ1) is 20.3. The number of piperidine rings is 1. The molecule has 1 fully saturated rings. The number of likely N-dealkylation sites (tertiary alicyclic amines) is 1. The zero-order valence-electron chi connectivity index (χ0n) is 16.5. The molecule has 2 aromatic carbocycles. The summed E-state index contributed by atoms with van der Waals surface area (Å²) in [6, 6.07) is 15.8. The van der Waals surface area contributed by atoms with Crippen LogP contribution in [0.2, 0.25) is 5.02 Å². The number of benzene rings is 2. The molecule has 0 amide bonds. The number of hydrogen-bond donors (Lipinski definition) is 2. The van der Waals surface area contributed by atoms with Crippen molar-refractivity contribution in [1.82, 2.24) is 4.90 Å². The second-order valence-corrected chi connectivity index (χ2v) is 8.73. The average molecular weight is 388 g/mol. The van der Waals surface area contributed by atoms with Gasteiger partial charge in [0.1, 0.15) is 11.8 Å². The van der Waals surface area contributed by atoms with E-state index < -0.39 is 17.2 Å². The van der Waals surface area contributed by atoms with E-state index in [1.165, 1.54) is 6.42 Å². The van der Waals surface area contributed by atoms with Crippen LogP contribution >= 0.6 is 11.6 Å². The first-order chi connectivity index (χ1) is 12.7. The van der Waals surface area contributed by atoms with Crippen LogP contribution in [-0.4, -0.2) is 40.0 Å². The van der Waals surface area contributed by atoms with E-state index in [1.807, 2.05) is 61.2 Å². The molecule has 2 N–H and O–H groups in total. The Kier molecular flexibility index (Phi) is 5.97. The molecule has 2 atom stereocenters. The first-order valence-corrected chi connectivity index (χ1v) is 10.1. The molecule has 1 saturated heterocycles. The minimum absolute atomic E-state index is 0.667. The van der Waals surface area contributed by atoms with Crippen LogP contribution in [-0.2, 0) is 5.41 Å². The standard InChI is InChI=1S/C23H30ClNO2/c1-22(2,23(3,27)21(26)25-15-7-4-8-16-25)20-10-6-5-9-19(20)17-11-13-18(24)14-12-17/h5-6,9-14,21,26-27H,4,7-8,15-16H2,1-3H3. The van der Waals surface area contributed by atoms with Crippen LogP contribution in [0.15, 0.2) is 48.5 Å². The fourth-order valence-corrected chi connectivity index (χ4v) is 4.15. The van der Waals surface area contributed by atoms with Gasteiger partial charge in [-0.3, -0.25) is 4.90 Å². The molecule has 1 aliphatic rings. The molecule has 0 spiro atoms. The number of nitrogens with zero attached hydrogens (tertiary/aromatic N) is 1. The van der Waals surface area contributed by atoms with Crippen LogP contribution in [0.3, 0.4) is 0 Å². The van der Waals surface area contributed by atoms with Crippen LogP contribution in [0.1, 0.15) is 45.6 Å². The molecular weight excluding hydrogens is 358 g/mol. The molecule has 3 nitrogen and oxygen atoms in total. The zero-order chi connectivity index (χ0) is 19.7. The van der Waals surface area contributed by atoms with Crippen molar-refractivity contribution in [3.8, 4) is 11.1 Å². The Hall–Kier alpha value is -1.39. The maximum Gasteiger partial charge on any atom is 0.137 e. The molecule has 2 unspecified atom stereocenters. The van der Waals surface area contributed by atoms with E-state index in [2.05, 4.69) is 6.07 Å². The summed E-state index contributed by atoms with van der Waals surface area (Å²) in [5, 5.41) is 23.3. The van der Waals surface area contributed by atoms with Crippen LogP contribution in [0, 0.1) is 0 Å². The highest BCUT2D eigenvalue weighted by Crippen LogP contribution is 2.42.